The van der Waals surface area contributed by atoms with Crippen LogP contribution in [-0.2, 0) is 6.54 Å². The van der Waals surface area contributed by atoms with E-state index in [0.717, 1.165) is 30.5 Å². The first-order valence-corrected chi connectivity index (χ1v) is 8.25. The summed E-state index contributed by atoms with van der Waals surface area (Å²) in [4.78, 5) is 2.54. The van der Waals surface area contributed by atoms with Crippen molar-refractivity contribution in [1.29, 1.82) is 0 Å². The van der Waals surface area contributed by atoms with Gasteiger partial charge in [-0.3, -0.25) is 0 Å². The molecule has 2 rings (SSSR count). The third-order valence-corrected chi connectivity index (χ3v) is 4.10. The summed E-state index contributed by atoms with van der Waals surface area (Å²) in [6.07, 6.45) is 3.94. The number of benzene rings is 1. The van der Waals surface area contributed by atoms with Crippen molar-refractivity contribution >= 4 is 17.3 Å². The molecule has 1 aromatic rings. The lowest BCUT2D eigenvalue weighted by molar-refractivity contribution is 0.631. The summed E-state index contributed by atoms with van der Waals surface area (Å²) < 4.78 is 0. The fourth-order valence-electron chi connectivity index (χ4n) is 2.54. The summed E-state index contributed by atoms with van der Waals surface area (Å²) in [6, 6.07) is 6.85. The Labute approximate surface area is 128 Å². The Morgan fingerprint density at radius 3 is 2.70 bits per heavy atom. The van der Waals surface area contributed by atoms with Crippen molar-refractivity contribution in [3.63, 3.8) is 0 Å². The number of halogens is 1. The summed E-state index contributed by atoms with van der Waals surface area (Å²) in [6.45, 7) is 9.88. The molecular weight excluding hydrogens is 268 g/mol. The number of rotatable bonds is 8. The van der Waals surface area contributed by atoms with Gasteiger partial charge in [-0.2, -0.15) is 0 Å². The summed E-state index contributed by atoms with van der Waals surface area (Å²) in [5.74, 6) is 0.893. The van der Waals surface area contributed by atoms with E-state index in [1.54, 1.807) is 0 Å². The summed E-state index contributed by atoms with van der Waals surface area (Å²) >= 11 is 6.19. The van der Waals surface area contributed by atoms with E-state index < -0.39 is 0 Å². The molecule has 20 heavy (non-hydrogen) atoms. The summed E-state index contributed by atoms with van der Waals surface area (Å²) in [5.41, 5.74) is 2.67. The zero-order valence-electron chi connectivity index (χ0n) is 13.0. The SMILES string of the molecule is CCCNCc1cc(Cl)ccc1N(CC1CC1)C(C)C. The van der Waals surface area contributed by atoms with Crippen molar-refractivity contribution in [2.24, 2.45) is 5.92 Å². The Hall–Kier alpha value is -0.730. The number of anilines is 1. The van der Waals surface area contributed by atoms with Crippen molar-refractivity contribution in [3.05, 3.63) is 28.8 Å². The van der Waals surface area contributed by atoms with Gasteiger partial charge in [-0.05, 0) is 69.3 Å². The van der Waals surface area contributed by atoms with Crippen molar-refractivity contribution in [3.8, 4) is 0 Å². The van der Waals surface area contributed by atoms with Gasteiger partial charge in [0.05, 0.1) is 0 Å². The molecule has 1 fully saturated rings. The maximum atomic E-state index is 6.19. The van der Waals surface area contributed by atoms with Gasteiger partial charge in [-0.15, -0.1) is 0 Å². The molecule has 0 amide bonds. The van der Waals surface area contributed by atoms with Crippen molar-refractivity contribution in [1.82, 2.24) is 5.32 Å². The van der Waals surface area contributed by atoms with Gasteiger partial charge in [0, 0.05) is 29.8 Å². The molecule has 0 spiro atoms. The predicted octanol–water partition coefficient (Wildman–Crippen LogP) is 4.46. The zero-order valence-corrected chi connectivity index (χ0v) is 13.7. The maximum Gasteiger partial charge on any atom is 0.0415 e. The molecule has 1 aliphatic rings. The molecule has 2 nitrogen and oxygen atoms in total. The Bertz CT molecular complexity index is 427. The highest BCUT2D eigenvalue weighted by Crippen LogP contribution is 2.34. The van der Waals surface area contributed by atoms with Crippen molar-refractivity contribution < 1.29 is 0 Å². The molecule has 0 aliphatic heterocycles. The van der Waals surface area contributed by atoms with Crippen LogP contribution < -0.4 is 10.2 Å². The smallest absolute Gasteiger partial charge is 0.0415 e. The molecule has 0 heterocycles. The van der Waals surface area contributed by atoms with Crippen molar-refractivity contribution in [2.45, 2.75) is 52.6 Å². The summed E-state index contributed by atoms with van der Waals surface area (Å²) in [7, 11) is 0. The number of nitrogens with zero attached hydrogens (tertiary/aromatic N) is 1. The third-order valence-electron chi connectivity index (χ3n) is 3.87. The van der Waals surface area contributed by atoms with Gasteiger partial charge in [0.1, 0.15) is 0 Å². The molecule has 1 aliphatic carbocycles. The first kappa shape index (κ1) is 15.7. The van der Waals surface area contributed by atoms with E-state index in [-0.39, 0.29) is 0 Å². The van der Waals surface area contributed by atoms with Crippen LogP contribution in [0.5, 0.6) is 0 Å². The second-order valence-electron chi connectivity index (χ2n) is 6.14. The van der Waals surface area contributed by atoms with Crippen LogP contribution in [0.25, 0.3) is 0 Å². The van der Waals surface area contributed by atoms with Crippen LogP contribution in [-0.4, -0.2) is 19.1 Å². The molecule has 3 heteroatoms. The highest BCUT2D eigenvalue weighted by atomic mass is 35.5. The van der Waals surface area contributed by atoms with Crippen LogP contribution in [0.1, 0.15) is 45.6 Å². The van der Waals surface area contributed by atoms with Crippen LogP contribution in [0.15, 0.2) is 18.2 Å². The highest BCUT2D eigenvalue weighted by molar-refractivity contribution is 6.30. The van der Waals surface area contributed by atoms with Gasteiger partial charge >= 0.3 is 0 Å². The van der Waals surface area contributed by atoms with E-state index in [1.165, 1.54) is 30.6 Å². The Morgan fingerprint density at radius 2 is 2.10 bits per heavy atom. The maximum absolute atomic E-state index is 6.19. The molecule has 1 N–H and O–H groups in total. The summed E-state index contributed by atoms with van der Waals surface area (Å²) in [5, 5.41) is 4.33. The van der Waals surface area contributed by atoms with Gasteiger partial charge in [0.2, 0.25) is 0 Å². The second-order valence-corrected chi connectivity index (χ2v) is 6.58. The third kappa shape index (κ3) is 4.39. The first-order valence-electron chi connectivity index (χ1n) is 7.87. The van der Waals surface area contributed by atoms with E-state index in [0.29, 0.717) is 6.04 Å². The van der Waals surface area contributed by atoms with Crippen LogP contribution >= 0.6 is 11.6 Å². The Morgan fingerprint density at radius 1 is 1.35 bits per heavy atom. The zero-order chi connectivity index (χ0) is 14.5. The van der Waals surface area contributed by atoms with E-state index in [1.807, 2.05) is 6.07 Å². The van der Waals surface area contributed by atoms with Crippen LogP contribution in [0.3, 0.4) is 0 Å². The fourth-order valence-corrected chi connectivity index (χ4v) is 2.74. The molecule has 0 unspecified atom stereocenters. The molecular formula is C17H27ClN2. The molecule has 0 aromatic heterocycles. The molecule has 1 saturated carbocycles. The average Bonchev–Trinajstić information content (AvgIpc) is 3.21. The Kier molecular flexibility index (Phi) is 5.74. The van der Waals surface area contributed by atoms with Crippen LogP contribution in [0.2, 0.25) is 5.02 Å². The van der Waals surface area contributed by atoms with Crippen LogP contribution in [0, 0.1) is 5.92 Å². The Balaban J connectivity index is 2.17. The number of nitrogens with one attached hydrogen (secondary N) is 1. The topological polar surface area (TPSA) is 15.3 Å². The fraction of sp³-hybridized carbons (Fsp3) is 0.647. The minimum Gasteiger partial charge on any atom is -0.369 e. The normalized spacial score (nSPS) is 14.8. The average molecular weight is 295 g/mol. The standard InChI is InChI=1S/C17H27ClN2/c1-4-9-19-11-15-10-16(18)7-8-17(15)20(13(2)3)12-14-5-6-14/h7-8,10,13-14,19H,4-6,9,11-12H2,1-3H3. The molecule has 0 saturated heterocycles. The minimum absolute atomic E-state index is 0.529. The first-order chi connectivity index (χ1) is 9.61. The van der Waals surface area contributed by atoms with Crippen LogP contribution in [0.4, 0.5) is 5.69 Å². The lowest BCUT2D eigenvalue weighted by Gasteiger charge is -2.31. The van der Waals surface area contributed by atoms with Gasteiger partial charge in [-0.25, -0.2) is 0 Å². The predicted molar refractivity (Wildman–Crippen MR) is 88.7 cm³/mol. The number of hydrogen-bond donors (Lipinski definition) is 1. The largest absolute Gasteiger partial charge is 0.369 e. The lowest BCUT2D eigenvalue weighted by atomic mass is 10.1. The van der Waals surface area contributed by atoms with E-state index in [2.05, 4.69) is 43.1 Å². The second kappa shape index (κ2) is 7.33. The van der Waals surface area contributed by atoms with Gasteiger partial charge in [0.15, 0.2) is 0 Å². The number of hydrogen-bond acceptors (Lipinski definition) is 2. The molecule has 0 atom stereocenters. The van der Waals surface area contributed by atoms with E-state index in [9.17, 15) is 0 Å². The highest BCUT2D eigenvalue weighted by Gasteiger charge is 2.26. The van der Waals surface area contributed by atoms with E-state index in [4.69, 9.17) is 11.6 Å². The quantitative estimate of drug-likeness (QED) is 0.712. The van der Waals surface area contributed by atoms with Gasteiger partial charge in [-0.1, -0.05) is 18.5 Å². The molecule has 0 bridgehead atoms. The van der Waals surface area contributed by atoms with Gasteiger partial charge < -0.3 is 10.2 Å². The molecule has 112 valence electrons. The minimum atomic E-state index is 0.529. The molecule has 1 aromatic carbocycles. The van der Waals surface area contributed by atoms with Gasteiger partial charge in [0.25, 0.3) is 0 Å². The van der Waals surface area contributed by atoms with E-state index >= 15 is 0 Å². The lowest BCUT2D eigenvalue weighted by Crippen LogP contribution is -2.34. The van der Waals surface area contributed by atoms with Crippen molar-refractivity contribution in [2.75, 3.05) is 18.0 Å². The molecule has 0 radical (unpaired) electrons. The monoisotopic (exact) mass is 294 g/mol.